The van der Waals surface area contributed by atoms with E-state index >= 15 is 0 Å². The first kappa shape index (κ1) is 21.7. The average Bonchev–Trinajstić information content (AvgIpc) is 2.72. The molecular weight excluding hydrogens is 378 g/mol. The van der Waals surface area contributed by atoms with E-state index in [2.05, 4.69) is 0 Å². The van der Waals surface area contributed by atoms with Crippen LogP contribution in [0.4, 0.5) is 0 Å². The van der Waals surface area contributed by atoms with Crippen LogP contribution in [0.15, 0.2) is 42.6 Å². The van der Waals surface area contributed by atoms with Gasteiger partial charge in [-0.2, -0.15) is 0 Å². The van der Waals surface area contributed by atoms with Crippen molar-refractivity contribution in [3.63, 3.8) is 0 Å². The molecule has 2 aromatic rings. The third-order valence-corrected chi connectivity index (χ3v) is 3.95. The molecule has 0 fully saturated rings. The number of nitrogens with zero attached hydrogens (tertiary/aromatic N) is 1. The van der Waals surface area contributed by atoms with Crippen molar-refractivity contribution in [2.75, 3.05) is 20.8 Å². The van der Waals surface area contributed by atoms with Crippen LogP contribution in [-0.2, 0) is 11.2 Å². The van der Waals surface area contributed by atoms with Crippen LogP contribution in [0.5, 0.6) is 23.0 Å². The van der Waals surface area contributed by atoms with Crippen molar-refractivity contribution in [2.24, 2.45) is 0 Å². The highest BCUT2D eigenvalue weighted by Gasteiger charge is 2.12. The number of nitro groups is 1. The molecule has 0 heterocycles. The lowest BCUT2D eigenvalue weighted by Crippen LogP contribution is -2.10. The molecule has 0 atom stereocenters. The molecular formula is C21H23NO7. The van der Waals surface area contributed by atoms with Crippen LogP contribution in [0.25, 0.3) is 6.08 Å². The van der Waals surface area contributed by atoms with Gasteiger partial charge in [0.1, 0.15) is 0 Å². The van der Waals surface area contributed by atoms with Crippen LogP contribution >= 0.6 is 0 Å². The summed E-state index contributed by atoms with van der Waals surface area (Å²) in [6.07, 6.45) is 2.77. The Labute approximate surface area is 168 Å². The van der Waals surface area contributed by atoms with Crippen molar-refractivity contribution in [3.8, 4) is 23.0 Å². The minimum absolute atomic E-state index is 0.156. The number of methoxy groups -OCH3 is 2. The molecule has 0 saturated carbocycles. The number of carbonyl (C=O) groups is 1. The number of hydrogen-bond donors (Lipinski definition) is 0. The van der Waals surface area contributed by atoms with E-state index in [1.54, 1.807) is 19.2 Å². The molecule has 0 spiro atoms. The maximum atomic E-state index is 12.2. The predicted molar refractivity (Wildman–Crippen MR) is 107 cm³/mol. The first-order valence-corrected chi connectivity index (χ1v) is 8.97. The highest BCUT2D eigenvalue weighted by Crippen LogP contribution is 2.30. The Bertz CT molecular complexity index is 893. The second-order valence-corrected chi connectivity index (χ2v) is 5.90. The second kappa shape index (κ2) is 10.7. The topological polar surface area (TPSA) is 97.1 Å². The molecule has 0 saturated heterocycles. The van der Waals surface area contributed by atoms with E-state index in [0.29, 0.717) is 35.8 Å². The molecule has 0 bridgehead atoms. The van der Waals surface area contributed by atoms with E-state index < -0.39 is 10.9 Å². The SMILES string of the molecule is CCOc1ccc(CCC(=O)Oc2ccc(/C=C/[N+](=O)[O-])cc2OC)cc1OC. The number of aryl methyl sites for hydroxylation is 1. The number of hydrogen-bond acceptors (Lipinski definition) is 7. The molecule has 154 valence electrons. The van der Waals surface area contributed by atoms with E-state index in [1.807, 2.05) is 25.1 Å². The van der Waals surface area contributed by atoms with E-state index in [1.165, 1.54) is 19.3 Å². The summed E-state index contributed by atoms with van der Waals surface area (Å²) in [5.74, 6) is 1.39. The minimum Gasteiger partial charge on any atom is -0.493 e. The molecule has 2 rings (SSSR count). The lowest BCUT2D eigenvalue weighted by Gasteiger charge is -2.12. The highest BCUT2D eigenvalue weighted by atomic mass is 16.6. The van der Waals surface area contributed by atoms with Crippen LogP contribution in [-0.4, -0.2) is 31.7 Å². The van der Waals surface area contributed by atoms with Crippen molar-refractivity contribution in [2.45, 2.75) is 19.8 Å². The van der Waals surface area contributed by atoms with Crippen molar-refractivity contribution in [1.82, 2.24) is 0 Å². The molecule has 0 aliphatic rings. The summed E-state index contributed by atoms with van der Waals surface area (Å²) in [7, 11) is 2.99. The molecule has 29 heavy (non-hydrogen) atoms. The van der Waals surface area contributed by atoms with E-state index in [0.717, 1.165) is 11.8 Å². The molecule has 0 aliphatic carbocycles. The van der Waals surface area contributed by atoms with Gasteiger partial charge >= 0.3 is 5.97 Å². The third kappa shape index (κ3) is 6.53. The Kier molecular flexibility index (Phi) is 8.02. The first-order chi connectivity index (χ1) is 14.0. The quantitative estimate of drug-likeness (QED) is 0.258. The zero-order valence-electron chi connectivity index (χ0n) is 16.5. The van der Waals surface area contributed by atoms with Crippen molar-refractivity contribution >= 4 is 12.0 Å². The number of esters is 1. The van der Waals surface area contributed by atoms with Gasteiger partial charge in [0.15, 0.2) is 23.0 Å². The molecule has 0 N–H and O–H groups in total. The third-order valence-electron chi connectivity index (χ3n) is 3.95. The van der Waals surface area contributed by atoms with E-state index in [4.69, 9.17) is 18.9 Å². The summed E-state index contributed by atoms with van der Waals surface area (Å²) >= 11 is 0. The molecule has 0 aromatic heterocycles. The average molecular weight is 401 g/mol. The van der Waals surface area contributed by atoms with E-state index in [9.17, 15) is 14.9 Å². The summed E-state index contributed by atoms with van der Waals surface area (Å²) in [6, 6.07) is 10.2. The summed E-state index contributed by atoms with van der Waals surface area (Å²) in [6.45, 7) is 2.42. The maximum absolute atomic E-state index is 12.2. The Hall–Kier alpha value is -3.55. The van der Waals surface area contributed by atoms with Gasteiger partial charge in [0, 0.05) is 12.5 Å². The highest BCUT2D eigenvalue weighted by molar-refractivity contribution is 5.74. The van der Waals surface area contributed by atoms with Crippen LogP contribution in [0.1, 0.15) is 24.5 Å². The molecule has 0 aliphatic heterocycles. The zero-order chi connectivity index (χ0) is 21.2. The fourth-order valence-electron chi connectivity index (χ4n) is 2.58. The van der Waals surface area contributed by atoms with Gasteiger partial charge in [-0.25, -0.2) is 0 Å². The van der Waals surface area contributed by atoms with Crippen LogP contribution < -0.4 is 18.9 Å². The molecule has 0 radical (unpaired) electrons. The van der Waals surface area contributed by atoms with Gasteiger partial charge in [-0.3, -0.25) is 14.9 Å². The summed E-state index contributed by atoms with van der Waals surface area (Å²) in [5.41, 5.74) is 1.47. The number of carbonyl (C=O) groups excluding carboxylic acids is 1. The molecule has 8 heteroatoms. The Morgan fingerprint density at radius 3 is 2.38 bits per heavy atom. The van der Waals surface area contributed by atoms with Gasteiger partial charge in [0.2, 0.25) is 6.20 Å². The van der Waals surface area contributed by atoms with E-state index in [-0.39, 0.29) is 12.2 Å². The minimum atomic E-state index is -0.559. The van der Waals surface area contributed by atoms with Crippen molar-refractivity contribution < 1.29 is 28.7 Å². The molecule has 2 aromatic carbocycles. The lowest BCUT2D eigenvalue weighted by molar-refractivity contribution is -0.400. The van der Waals surface area contributed by atoms with Crippen LogP contribution in [0, 0.1) is 10.1 Å². The predicted octanol–water partition coefficient (Wildman–Crippen LogP) is 3.89. The van der Waals surface area contributed by atoms with Gasteiger partial charge in [0.25, 0.3) is 0 Å². The summed E-state index contributed by atoms with van der Waals surface area (Å²) in [5, 5.41) is 10.4. The summed E-state index contributed by atoms with van der Waals surface area (Å²) in [4.78, 5) is 22.1. The Morgan fingerprint density at radius 2 is 1.72 bits per heavy atom. The normalized spacial score (nSPS) is 10.6. The van der Waals surface area contributed by atoms with Crippen molar-refractivity contribution in [1.29, 1.82) is 0 Å². The monoisotopic (exact) mass is 401 g/mol. The lowest BCUT2D eigenvalue weighted by atomic mass is 10.1. The van der Waals surface area contributed by atoms with Crippen molar-refractivity contribution in [3.05, 3.63) is 63.8 Å². The van der Waals surface area contributed by atoms with Crippen LogP contribution in [0.2, 0.25) is 0 Å². The number of ether oxygens (including phenoxy) is 4. The van der Waals surface area contributed by atoms with Gasteiger partial charge in [-0.15, -0.1) is 0 Å². The maximum Gasteiger partial charge on any atom is 0.311 e. The number of rotatable bonds is 10. The largest absolute Gasteiger partial charge is 0.493 e. The van der Waals surface area contributed by atoms with Gasteiger partial charge in [-0.1, -0.05) is 12.1 Å². The van der Waals surface area contributed by atoms with Gasteiger partial charge < -0.3 is 18.9 Å². The molecule has 8 nitrogen and oxygen atoms in total. The number of benzene rings is 2. The smallest absolute Gasteiger partial charge is 0.311 e. The second-order valence-electron chi connectivity index (χ2n) is 5.90. The van der Waals surface area contributed by atoms with Gasteiger partial charge in [0.05, 0.1) is 25.7 Å². The van der Waals surface area contributed by atoms with Crippen LogP contribution in [0.3, 0.4) is 0 Å². The Balaban J connectivity index is 2.01. The summed E-state index contributed by atoms with van der Waals surface area (Å²) < 4.78 is 21.4. The molecule has 0 amide bonds. The zero-order valence-corrected chi connectivity index (χ0v) is 16.5. The standard InChI is InChI=1S/C21H23NO7/c1-4-28-17-8-5-15(13-19(17)26-2)7-10-21(23)29-18-9-6-16(11-12-22(24)25)14-20(18)27-3/h5-6,8-9,11-14H,4,7,10H2,1-3H3/b12-11+. The fourth-order valence-corrected chi connectivity index (χ4v) is 2.58. The molecule has 0 unspecified atom stereocenters. The van der Waals surface area contributed by atoms with Gasteiger partial charge in [-0.05, 0) is 48.7 Å². The Morgan fingerprint density at radius 1 is 1.03 bits per heavy atom. The fraction of sp³-hybridized carbons (Fsp3) is 0.286. The first-order valence-electron chi connectivity index (χ1n) is 8.97.